The summed E-state index contributed by atoms with van der Waals surface area (Å²) in [6, 6.07) is 12.4. The topological polar surface area (TPSA) is 71.1 Å². The summed E-state index contributed by atoms with van der Waals surface area (Å²) < 4.78 is 1.81. The number of thiazole rings is 1. The summed E-state index contributed by atoms with van der Waals surface area (Å²) in [5, 5.41) is 6.60. The van der Waals surface area contributed by atoms with Crippen molar-refractivity contribution >= 4 is 66.0 Å². The van der Waals surface area contributed by atoms with Gasteiger partial charge in [0.05, 0.1) is 10.2 Å². The highest BCUT2D eigenvalue weighted by molar-refractivity contribution is 9.10. The lowest BCUT2D eigenvalue weighted by Crippen LogP contribution is -2.27. The number of amides is 2. The molecule has 5 nitrogen and oxygen atoms in total. The van der Waals surface area contributed by atoms with Crippen LogP contribution in [-0.4, -0.2) is 23.3 Å². The van der Waals surface area contributed by atoms with Crippen molar-refractivity contribution < 1.29 is 9.59 Å². The number of hydrogen-bond donors (Lipinski definition) is 2. The van der Waals surface area contributed by atoms with Gasteiger partial charge in [-0.25, -0.2) is 4.98 Å². The molecule has 0 aliphatic carbocycles. The molecule has 0 saturated carbocycles. The number of anilines is 1. The van der Waals surface area contributed by atoms with Crippen molar-refractivity contribution in [1.29, 1.82) is 0 Å². The minimum absolute atomic E-state index is 0.166. The number of benzene rings is 2. The Morgan fingerprint density at radius 1 is 1.16 bits per heavy atom. The standard InChI is InChI=1S/C17H13BrClN3O2S/c18-11-3-1-10(2-4-11)16(24)20-8-7-15(23)22-17-21-13-6-5-12(19)9-14(13)25-17/h1-6,9H,7-8H2,(H,20,24)(H,21,22,23). The summed E-state index contributed by atoms with van der Waals surface area (Å²) in [6.07, 6.45) is 0.166. The first-order chi connectivity index (χ1) is 12.0. The van der Waals surface area contributed by atoms with E-state index in [9.17, 15) is 9.59 Å². The Bertz CT molecular complexity index is 927. The lowest BCUT2D eigenvalue weighted by molar-refractivity contribution is -0.116. The molecule has 0 radical (unpaired) electrons. The Balaban J connectivity index is 1.50. The Labute approximate surface area is 161 Å². The molecule has 1 heterocycles. The van der Waals surface area contributed by atoms with E-state index in [1.807, 2.05) is 12.1 Å². The fraction of sp³-hybridized carbons (Fsp3) is 0.118. The number of fused-ring (bicyclic) bond motifs is 1. The van der Waals surface area contributed by atoms with Crippen LogP contribution in [0.5, 0.6) is 0 Å². The van der Waals surface area contributed by atoms with Gasteiger partial charge in [-0.1, -0.05) is 38.9 Å². The minimum Gasteiger partial charge on any atom is -0.352 e. The lowest BCUT2D eigenvalue weighted by atomic mass is 10.2. The van der Waals surface area contributed by atoms with Crippen molar-refractivity contribution in [1.82, 2.24) is 10.3 Å². The summed E-state index contributed by atoms with van der Waals surface area (Å²) in [5.41, 5.74) is 1.33. The number of hydrogen-bond acceptors (Lipinski definition) is 4. The van der Waals surface area contributed by atoms with Crippen molar-refractivity contribution in [3.8, 4) is 0 Å². The van der Waals surface area contributed by atoms with Crippen molar-refractivity contribution in [3.63, 3.8) is 0 Å². The predicted molar refractivity (Wildman–Crippen MR) is 104 cm³/mol. The molecule has 0 atom stereocenters. The predicted octanol–water partition coefficient (Wildman–Crippen LogP) is 4.47. The molecule has 0 aliphatic heterocycles. The molecule has 25 heavy (non-hydrogen) atoms. The molecule has 128 valence electrons. The summed E-state index contributed by atoms with van der Waals surface area (Å²) in [4.78, 5) is 28.3. The van der Waals surface area contributed by atoms with Crippen LogP contribution in [0.25, 0.3) is 10.2 Å². The van der Waals surface area contributed by atoms with Gasteiger partial charge in [0.1, 0.15) is 0 Å². The van der Waals surface area contributed by atoms with Gasteiger partial charge in [0.15, 0.2) is 5.13 Å². The molecule has 0 saturated heterocycles. The van der Waals surface area contributed by atoms with Crippen LogP contribution in [0.15, 0.2) is 46.9 Å². The Morgan fingerprint density at radius 3 is 2.68 bits per heavy atom. The van der Waals surface area contributed by atoms with E-state index < -0.39 is 0 Å². The second kappa shape index (κ2) is 7.95. The number of halogens is 2. The molecular weight excluding hydrogens is 426 g/mol. The van der Waals surface area contributed by atoms with E-state index in [-0.39, 0.29) is 24.8 Å². The summed E-state index contributed by atoms with van der Waals surface area (Å²) in [6.45, 7) is 0.247. The number of carbonyl (C=O) groups is 2. The first-order valence-electron chi connectivity index (χ1n) is 7.41. The van der Waals surface area contributed by atoms with Gasteiger partial charge >= 0.3 is 0 Å². The van der Waals surface area contributed by atoms with Crippen LogP contribution in [0, 0.1) is 0 Å². The van der Waals surface area contributed by atoms with E-state index in [2.05, 4.69) is 31.5 Å². The molecule has 0 spiro atoms. The van der Waals surface area contributed by atoms with Crippen molar-refractivity contribution in [2.75, 3.05) is 11.9 Å². The quantitative estimate of drug-likeness (QED) is 0.617. The van der Waals surface area contributed by atoms with Crippen LogP contribution in [0.2, 0.25) is 5.02 Å². The molecule has 0 bridgehead atoms. The smallest absolute Gasteiger partial charge is 0.251 e. The van der Waals surface area contributed by atoms with Crippen molar-refractivity contribution in [2.24, 2.45) is 0 Å². The van der Waals surface area contributed by atoms with E-state index in [4.69, 9.17) is 11.6 Å². The summed E-state index contributed by atoms with van der Waals surface area (Å²) in [7, 11) is 0. The number of carbonyl (C=O) groups excluding carboxylic acids is 2. The highest BCUT2D eigenvalue weighted by atomic mass is 79.9. The van der Waals surface area contributed by atoms with E-state index in [1.165, 1.54) is 11.3 Å². The van der Waals surface area contributed by atoms with Crippen LogP contribution in [-0.2, 0) is 4.79 Å². The van der Waals surface area contributed by atoms with Crippen LogP contribution in [0.3, 0.4) is 0 Å². The zero-order chi connectivity index (χ0) is 17.8. The largest absolute Gasteiger partial charge is 0.352 e. The van der Waals surface area contributed by atoms with Gasteiger partial charge in [-0.2, -0.15) is 0 Å². The third-order valence-corrected chi connectivity index (χ3v) is 5.04. The molecule has 1 aromatic heterocycles. The van der Waals surface area contributed by atoms with Gasteiger partial charge in [0.25, 0.3) is 5.91 Å². The average molecular weight is 439 g/mol. The normalized spacial score (nSPS) is 10.6. The number of nitrogens with zero attached hydrogens (tertiary/aromatic N) is 1. The Hall–Kier alpha value is -1.96. The maximum Gasteiger partial charge on any atom is 0.251 e. The minimum atomic E-state index is -0.213. The maximum atomic E-state index is 12.0. The number of nitrogens with one attached hydrogen (secondary N) is 2. The van der Waals surface area contributed by atoms with E-state index in [1.54, 1.807) is 30.3 Å². The second-order valence-electron chi connectivity index (χ2n) is 5.19. The zero-order valence-electron chi connectivity index (χ0n) is 12.9. The molecule has 2 N–H and O–H groups in total. The van der Waals surface area contributed by atoms with E-state index in [0.29, 0.717) is 15.7 Å². The average Bonchev–Trinajstić information content (AvgIpc) is 2.96. The molecule has 0 aliphatic rings. The molecule has 3 aromatic rings. The SMILES string of the molecule is O=C(CCNC(=O)c1ccc(Br)cc1)Nc1nc2ccc(Cl)cc2s1. The molecule has 2 amide bonds. The summed E-state index contributed by atoms with van der Waals surface area (Å²) >= 11 is 10.6. The number of aromatic nitrogens is 1. The molecule has 3 rings (SSSR count). The molecular formula is C17H13BrClN3O2S. The van der Waals surface area contributed by atoms with Gasteiger partial charge in [-0.15, -0.1) is 0 Å². The molecule has 8 heteroatoms. The highest BCUT2D eigenvalue weighted by Gasteiger charge is 2.10. The number of rotatable bonds is 5. The van der Waals surface area contributed by atoms with Gasteiger partial charge in [0, 0.05) is 28.0 Å². The van der Waals surface area contributed by atoms with Crippen LogP contribution < -0.4 is 10.6 Å². The molecule has 2 aromatic carbocycles. The molecule has 0 unspecified atom stereocenters. The highest BCUT2D eigenvalue weighted by Crippen LogP contribution is 2.28. The van der Waals surface area contributed by atoms with Gasteiger partial charge in [0.2, 0.25) is 5.91 Å². The fourth-order valence-corrected chi connectivity index (χ4v) is 3.55. The van der Waals surface area contributed by atoms with E-state index >= 15 is 0 Å². The van der Waals surface area contributed by atoms with Crippen LogP contribution in [0.4, 0.5) is 5.13 Å². The Morgan fingerprint density at radius 2 is 1.92 bits per heavy atom. The monoisotopic (exact) mass is 437 g/mol. The molecule has 0 fully saturated rings. The lowest BCUT2D eigenvalue weighted by Gasteiger charge is -2.05. The van der Waals surface area contributed by atoms with Crippen molar-refractivity contribution in [2.45, 2.75) is 6.42 Å². The van der Waals surface area contributed by atoms with Gasteiger partial charge in [-0.3, -0.25) is 9.59 Å². The first kappa shape index (κ1) is 17.8. The first-order valence-corrected chi connectivity index (χ1v) is 9.40. The third kappa shape index (κ3) is 4.78. The zero-order valence-corrected chi connectivity index (χ0v) is 16.0. The Kier molecular flexibility index (Phi) is 5.67. The van der Waals surface area contributed by atoms with Gasteiger partial charge < -0.3 is 10.6 Å². The van der Waals surface area contributed by atoms with Crippen LogP contribution in [0.1, 0.15) is 16.8 Å². The van der Waals surface area contributed by atoms with Gasteiger partial charge in [-0.05, 0) is 42.5 Å². The maximum absolute atomic E-state index is 12.0. The summed E-state index contributed by atoms with van der Waals surface area (Å²) in [5.74, 6) is -0.420. The third-order valence-electron chi connectivity index (χ3n) is 3.34. The van der Waals surface area contributed by atoms with Crippen LogP contribution >= 0.6 is 38.9 Å². The fourth-order valence-electron chi connectivity index (χ4n) is 2.13. The second-order valence-corrected chi connectivity index (χ2v) is 7.57. The van der Waals surface area contributed by atoms with E-state index in [0.717, 1.165) is 14.7 Å². The van der Waals surface area contributed by atoms with Crippen molar-refractivity contribution in [3.05, 3.63) is 57.5 Å².